The molecule has 0 radical (unpaired) electrons. The molecule has 32 heavy (non-hydrogen) atoms. The van der Waals surface area contributed by atoms with Gasteiger partial charge in [0.15, 0.2) is 21.7 Å². The lowest BCUT2D eigenvalue weighted by atomic mass is 10.0. The van der Waals surface area contributed by atoms with Gasteiger partial charge in [-0.3, -0.25) is 0 Å². The zero-order chi connectivity index (χ0) is 23.5. The van der Waals surface area contributed by atoms with E-state index in [0.717, 1.165) is 22.9 Å². The van der Waals surface area contributed by atoms with Crippen LogP contribution in [0.2, 0.25) is 15.1 Å². The molecular formula is C23H19Cl3O5S. The number of carbonyl (C=O) groups is 1. The molecular weight excluding hydrogens is 495 g/mol. The van der Waals surface area contributed by atoms with Crippen molar-refractivity contribution in [2.24, 2.45) is 0 Å². The van der Waals surface area contributed by atoms with Crippen LogP contribution in [-0.2, 0) is 21.1 Å². The summed E-state index contributed by atoms with van der Waals surface area (Å²) in [5.41, 5.74) is 2.97. The Morgan fingerprint density at radius 1 is 0.938 bits per heavy atom. The van der Waals surface area contributed by atoms with Gasteiger partial charge >= 0.3 is 5.97 Å². The first-order valence-corrected chi connectivity index (χ1v) is 12.5. The average molecular weight is 514 g/mol. The van der Waals surface area contributed by atoms with E-state index < -0.39 is 21.9 Å². The molecule has 0 heterocycles. The fourth-order valence-electron chi connectivity index (χ4n) is 3.04. The van der Waals surface area contributed by atoms with Crippen LogP contribution in [-0.4, -0.2) is 31.9 Å². The second kappa shape index (κ2) is 10.1. The van der Waals surface area contributed by atoms with E-state index in [1.54, 1.807) is 0 Å². The Kier molecular flexibility index (Phi) is 7.72. The fraction of sp³-hybridized carbons (Fsp3) is 0.174. The smallest absolute Gasteiger partial charge is 0.344 e. The highest BCUT2D eigenvalue weighted by atomic mass is 35.5. The van der Waals surface area contributed by atoms with Gasteiger partial charge < -0.3 is 9.84 Å². The van der Waals surface area contributed by atoms with Crippen LogP contribution in [0, 0.1) is 0 Å². The van der Waals surface area contributed by atoms with E-state index in [-0.39, 0.29) is 27.1 Å². The fourth-order valence-corrected chi connectivity index (χ4v) is 4.54. The molecule has 3 aromatic rings. The van der Waals surface area contributed by atoms with Gasteiger partial charge in [-0.2, -0.15) is 0 Å². The van der Waals surface area contributed by atoms with Crippen molar-refractivity contribution in [3.8, 4) is 16.9 Å². The summed E-state index contributed by atoms with van der Waals surface area (Å²) in [5, 5.41) is 10.1. The first-order valence-electron chi connectivity index (χ1n) is 9.48. The van der Waals surface area contributed by atoms with Gasteiger partial charge in [-0.25, -0.2) is 13.2 Å². The third-order valence-corrected chi connectivity index (χ3v) is 6.67. The second-order valence-corrected chi connectivity index (χ2v) is 10.4. The van der Waals surface area contributed by atoms with Crippen molar-refractivity contribution in [1.29, 1.82) is 0 Å². The van der Waals surface area contributed by atoms with Crippen LogP contribution >= 0.6 is 34.8 Å². The zero-order valence-corrected chi connectivity index (χ0v) is 20.0. The number of halogens is 3. The van der Waals surface area contributed by atoms with Gasteiger partial charge in [-0.15, -0.1) is 0 Å². The normalized spacial score (nSPS) is 12.4. The lowest BCUT2D eigenvalue weighted by Crippen LogP contribution is -2.28. The largest absolute Gasteiger partial charge is 0.479 e. The molecule has 0 aliphatic carbocycles. The molecule has 3 aromatic carbocycles. The minimum atomic E-state index is -3.53. The van der Waals surface area contributed by atoms with E-state index >= 15 is 0 Å². The van der Waals surface area contributed by atoms with Gasteiger partial charge in [-0.1, -0.05) is 71.2 Å². The maximum atomic E-state index is 11.7. The standard InChI is InChI=1S/C23H19Cl3O5S/c1-32(29,30)18-12-19(25)22(20(26)13-18)31-21(23(27)28)11-4-14-2-5-15(6-3-14)16-7-9-17(24)10-8-16/h2-3,5-10,12-13,21H,4,11H2,1H3,(H,27,28). The molecule has 168 valence electrons. The maximum absolute atomic E-state index is 11.7. The molecule has 0 aromatic heterocycles. The molecule has 0 bridgehead atoms. The highest BCUT2D eigenvalue weighted by molar-refractivity contribution is 7.90. The molecule has 0 spiro atoms. The summed E-state index contributed by atoms with van der Waals surface area (Å²) >= 11 is 18.2. The van der Waals surface area contributed by atoms with E-state index in [1.807, 2.05) is 48.5 Å². The summed E-state index contributed by atoms with van der Waals surface area (Å²) in [6.45, 7) is 0. The van der Waals surface area contributed by atoms with Crippen LogP contribution in [0.15, 0.2) is 65.6 Å². The van der Waals surface area contributed by atoms with Crippen LogP contribution in [0.4, 0.5) is 0 Å². The maximum Gasteiger partial charge on any atom is 0.344 e. The van der Waals surface area contributed by atoms with Crippen LogP contribution in [0.25, 0.3) is 11.1 Å². The second-order valence-electron chi connectivity index (χ2n) is 7.18. The number of aryl methyl sites for hydroxylation is 1. The van der Waals surface area contributed by atoms with E-state index in [0.29, 0.717) is 11.4 Å². The van der Waals surface area contributed by atoms with Crippen molar-refractivity contribution in [3.63, 3.8) is 0 Å². The number of hydrogen-bond donors (Lipinski definition) is 1. The highest BCUT2D eigenvalue weighted by Gasteiger charge is 2.23. The molecule has 1 atom stereocenters. The topological polar surface area (TPSA) is 80.7 Å². The molecule has 9 heteroatoms. The molecule has 1 N–H and O–H groups in total. The Labute approximate surface area is 201 Å². The van der Waals surface area contributed by atoms with E-state index in [2.05, 4.69) is 0 Å². The number of ether oxygens (including phenoxy) is 1. The van der Waals surface area contributed by atoms with Gasteiger partial charge in [0, 0.05) is 11.3 Å². The van der Waals surface area contributed by atoms with Crippen LogP contribution in [0.1, 0.15) is 12.0 Å². The summed E-state index contributed by atoms with van der Waals surface area (Å²) in [6.07, 6.45) is 0.406. The van der Waals surface area contributed by atoms with Crippen molar-refractivity contribution in [3.05, 3.63) is 81.3 Å². The lowest BCUT2D eigenvalue weighted by Gasteiger charge is -2.18. The van der Waals surface area contributed by atoms with Gasteiger partial charge in [0.2, 0.25) is 0 Å². The monoisotopic (exact) mass is 512 g/mol. The number of sulfone groups is 1. The molecule has 0 fully saturated rings. The van der Waals surface area contributed by atoms with Crippen LogP contribution in [0.3, 0.4) is 0 Å². The average Bonchev–Trinajstić information content (AvgIpc) is 2.72. The van der Waals surface area contributed by atoms with Crippen LogP contribution in [0.5, 0.6) is 5.75 Å². The predicted molar refractivity (Wildman–Crippen MR) is 127 cm³/mol. The Morgan fingerprint density at radius 2 is 1.44 bits per heavy atom. The SMILES string of the molecule is CS(=O)(=O)c1cc(Cl)c(OC(CCc2ccc(-c3ccc(Cl)cc3)cc2)C(=O)O)c(Cl)c1. The summed E-state index contributed by atoms with van der Waals surface area (Å²) in [6, 6.07) is 17.6. The molecule has 0 aliphatic rings. The van der Waals surface area contributed by atoms with Crippen molar-refractivity contribution in [1.82, 2.24) is 0 Å². The predicted octanol–water partition coefficient (Wildman–Crippen LogP) is 6.18. The molecule has 0 amide bonds. The Hall–Kier alpha value is -2.25. The van der Waals surface area contributed by atoms with E-state index in [4.69, 9.17) is 39.5 Å². The summed E-state index contributed by atoms with van der Waals surface area (Å²) in [7, 11) is -3.53. The van der Waals surface area contributed by atoms with E-state index in [9.17, 15) is 18.3 Å². The van der Waals surface area contributed by atoms with Crippen LogP contribution < -0.4 is 4.74 Å². The molecule has 0 aliphatic heterocycles. The van der Waals surface area contributed by atoms with Gasteiger partial charge in [0.05, 0.1) is 14.9 Å². The van der Waals surface area contributed by atoms with Crippen molar-refractivity contribution < 1.29 is 23.1 Å². The number of carboxylic acid groups (broad SMARTS) is 1. The van der Waals surface area contributed by atoms with Crippen molar-refractivity contribution in [2.75, 3.05) is 6.26 Å². The lowest BCUT2D eigenvalue weighted by molar-refractivity contribution is -0.145. The minimum absolute atomic E-state index is 0.0637. The van der Waals surface area contributed by atoms with Crippen molar-refractivity contribution in [2.45, 2.75) is 23.8 Å². The minimum Gasteiger partial charge on any atom is -0.479 e. The summed E-state index contributed by atoms with van der Waals surface area (Å²) in [4.78, 5) is 11.6. The summed E-state index contributed by atoms with van der Waals surface area (Å²) in [5.74, 6) is -1.24. The first-order chi connectivity index (χ1) is 15.0. The Bertz CT molecular complexity index is 1200. The number of carboxylic acids is 1. The Balaban J connectivity index is 1.71. The number of rotatable bonds is 8. The quantitative estimate of drug-likeness (QED) is 0.389. The third kappa shape index (κ3) is 6.17. The van der Waals surface area contributed by atoms with E-state index in [1.165, 1.54) is 12.1 Å². The number of benzene rings is 3. The third-order valence-electron chi connectivity index (χ3n) is 4.76. The molecule has 5 nitrogen and oxygen atoms in total. The molecule has 3 rings (SSSR count). The van der Waals surface area contributed by atoms with Gasteiger partial charge in [-0.05, 0) is 53.8 Å². The Morgan fingerprint density at radius 3 is 1.91 bits per heavy atom. The number of hydrogen-bond acceptors (Lipinski definition) is 4. The zero-order valence-electron chi connectivity index (χ0n) is 16.9. The van der Waals surface area contributed by atoms with Gasteiger partial charge in [0.1, 0.15) is 0 Å². The molecule has 0 saturated heterocycles. The highest BCUT2D eigenvalue weighted by Crippen LogP contribution is 2.36. The van der Waals surface area contributed by atoms with Crippen molar-refractivity contribution >= 4 is 50.6 Å². The molecule has 0 saturated carbocycles. The summed E-state index contributed by atoms with van der Waals surface area (Å²) < 4.78 is 29.0. The van der Waals surface area contributed by atoms with Gasteiger partial charge in [0.25, 0.3) is 0 Å². The first kappa shape index (κ1) is 24.4. The number of aliphatic carboxylic acids is 1. The molecule has 1 unspecified atom stereocenters.